The van der Waals surface area contributed by atoms with Crippen molar-refractivity contribution in [1.29, 1.82) is 0 Å². The van der Waals surface area contributed by atoms with E-state index in [4.69, 9.17) is 4.99 Å². The van der Waals surface area contributed by atoms with Crippen LogP contribution in [0, 0.1) is 5.82 Å². The Balaban J connectivity index is 1.87. The van der Waals surface area contributed by atoms with E-state index in [-0.39, 0.29) is 17.1 Å². The maximum atomic E-state index is 13.8. The van der Waals surface area contributed by atoms with Gasteiger partial charge in [0, 0.05) is 16.7 Å². The molecule has 132 valence electrons. The highest BCUT2D eigenvalue weighted by molar-refractivity contribution is 6.34. The van der Waals surface area contributed by atoms with E-state index < -0.39 is 0 Å². The van der Waals surface area contributed by atoms with Crippen LogP contribution in [0.3, 0.4) is 0 Å². The second-order valence-corrected chi connectivity index (χ2v) is 7.26. The topological polar surface area (TPSA) is 29.4 Å². The summed E-state index contributed by atoms with van der Waals surface area (Å²) in [4.78, 5) is 18.4. The van der Waals surface area contributed by atoms with Crippen LogP contribution in [0.15, 0.2) is 70.7 Å². The van der Waals surface area contributed by atoms with Gasteiger partial charge >= 0.3 is 0 Å². The molecule has 2 aromatic carbocycles. The number of carbonyl (C=O) groups is 1. The van der Waals surface area contributed by atoms with Gasteiger partial charge in [0.05, 0.1) is 11.3 Å². The predicted octanol–water partition coefficient (Wildman–Crippen LogP) is 5.53. The molecule has 1 saturated carbocycles. The Morgan fingerprint density at radius 2 is 1.73 bits per heavy atom. The third-order valence-electron chi connectivity index (χ3n) is 5.68. The summed E-state index contributed by atoms with van der Waals surface area (Å²) in [6, 6.07) is 15.7. The van der Waals surface area contributed by atoms with Crippen molar-refractivity contribution >= 4 is 11.5 Å². The monoisotopic (exact) mass is 347 g/mol. The van der Waals surface area contributed by atoms with Gasteiger partial charge in [0.15, 0.2) is 5.78 Å². The van der Waals surface area contributed by atoms with Crippen molar-refractivity contribution in [2.24, 2.45) is 4.99 Å². The lowest BCUT2D eigenvalue weighted by atomic mass is 9.76. The number of carbonyl (C=O) groups excluding carboxylic acids is 1. The quantitative estimate of drug-likeness (QED) is 0.671. The number of rotatable bonds is 3. The molecule has 0 bridgehead atoms. The molecule has 0 saturated heterocycles. The molecule has 0 unspecified atom stereocenters. The predicted molar refractivity (Wildman–Crippen MR) is 102 cm³/mol. The van der Waals surface area contributed by atoms with Crippen LogP contribution in [0.25, 0.3) is 0 Å². The molecule has 0 amide bonds. The first-order valence-electron chi connectivity index (χ1n) is 9.28. The van der Waals surface area contributed by atoms with E-state index in [1.54, 1.807) is 6.07 Å². The molecular formula is C23H22FNO. The highest BCUT2D eigenvalue weighted by Crippen LogP contribution is 2.44. The van der Waals surface area contributed by atoms with Crippen LogP contribution in [-0.2, 0) is 0 Å². The molecule has 1 heterocycles. The van der Waals surface area contributed by atoms with Gasteiger partial charge in [-0.2, -0.15) is 0 Å². The summed E-state index contributed by atoms with van der Waals surface area (Å²) in [7, 11) is 0. The van der Waals surface area contributed by atoms with E-state index in [0.29, 0.717) is 22.4 Å². The molecular weight excluding hydrogens is 325 g/mol. The third kappa shape index (κ3) is 2.82. The van der Waals surface area contributed by atoms with Gasteiger partial charge in [-0.25, -0.2) is 4.39 Å². The zero-order valence-corrected chi connectivity index (χ0v) is 15.0. The summed E-state index contributed by atoms with van der Waals surface area (Å²) in [5, 5.41) is 0. The molecule has 0 aromatic heterocycles. The van der Waals surface area contributed by atoms with Crippen molar-refractivity contribution in [3.05, 3.63) is 82.7 Å². The van der Waals surface area contributed by atoms with E-state index in [9.17, 15) is 9.18 Å². The van der Waals surface area contributed by atoms with Crippen LogP contribution in [0.4, 0.5) is 4.39 Å². The molecule has 1 aliphatic heterocycles. The molecule has 4 rings (SSSR count). The zero-order valence-electron chi connectivity index (χ0n) is 15.0. The van der Waals surface area contributed by atoms with Crippen LogP contribution in [0.2, 0.25) is 0 Å². The van der Waals surface area contributed by atoms with Crippen LogP contribution in [0.1, 0.15) is 54.9 Å². The normalized spacial score (nSPS) is 18.9. The maximum Gasteiger partial charge on any atom is 0.195 e. The first-order chi connectivity index (χ1) is 12.6. The Morgan fingerprint density at radius 1 is 1.00 bits per heavy atom. The highest BCUT2D eigenvalue weighted by atomic mass is 19.1. The first kappa shape index (κ1) is 16.9. The Kier molecular flexibility index (Phi) is 4.31. The smallest absolute Gasteiger partial charge is 0.195 e. The molecule has 1 spiro atoms. The second kappa shape index (κ2) is 6.64. The molecule has 26 heavy (non-hydrogen) atoms. The van der Waals surface area contributed by atoms with Crippen LogP contribution >= 0.6 is 0 Å². The van der Waals surface area contributed by atoms with Gasteiger partial charge in [0.2, 0.25) is 0 Å². The minimum atomic E-state index is -0.307. The average Bonchev–Trinajstić information content (AvgIpc) is 2.95. The first-order valence-corrected chi connectivity index (χ1v) is 9.28. The van der Waals surface area contributed by atoms with Gasteiger partial charge in [-0.15, -0.1) is 0 Å². The van der Waals surface area contributed by atoms with E-state index in [0.717, 1.165) is 31.3 Å². The SMILES string of the molecule is CC1=C(C(=O)c2ccccc2)C(c2cccc(F)c2)=NC12CCCCC2. The van der Waals surface area contributed by atoms with E-state index in [1.165, 1.54) is 18.6 Å². The minimum absolute atomic E-state index is 0.0199. The lowest BCUT2D eigenvalue weighted by molar-refractivity contribution is 0.103. The van der Waals surface area contributed by atoms with Crippen molar-refractivity contribution in [2.75, 3.05) is 0 Å². The van der Waals surface area contributed by atoms with Gasteiger partial charge in [0.1, 0.15) is 5.82 Å². The van der Waals surface area contributed by atoms with Gasteiger partial charge in [-0.3, -0.25) is 9.79 Å². The standard InChI is InChI=1S/C23H22FNO/c1-16-20(22(26)17-9-4-2-5-10-17)21(18-11-8-12-19(24)15-18)25-23(16)13-6-3-7-14-23/h2,4-5,8-12,15H,3,6-7,13-14H2,1H3. The van der Waals surface area contributed by atoms with Crippen LogP contribution in [-0.4, -0.2) is 17.0 Å². The Morgan fingerprint density at radius 3 is 2.42 bits per heavy atom. The second-order valence-electron chi connectivity index (χ2n) is 7.26. The van der Waals surface area contributed by atoms with Gasteiger partial charge in [0.25, 0.3) is 0 Å². The van der Waals surface area contributed by atoms with Gasteiger partial charge in [-0.05, 0) is 37.5 Å². The fourth-order valence-corrected chi connectivity index (χ4v) is 4.24. The molecule has 1 fully saturated rings. The lowest BCUT2D eigenvalue weighted by Gasteiger charge is -2.32. The summed E-state index contributed by atoms with van der Waals surface area (Å²) in [5.41, 5.74) is 3.40. The number of Topliss-reactive ketones (excluding diaryl/α,β-unsaturated/α-hetero) is 1. The molecule has 2 aromatic rings. The number of aliphatic imine (C=N–C) groups is 1. The minimum Gasteiger partial charge on any atom is -0.289 e. The van der Waals surface area contributed by atoms with E-state index in [1.807, 2.05) is 43.3 Å². The Labute approximate surface area is 153 Å². The van der Waals surface area contributed by atoms with E-state index in [2.05, 4.69) is 0 Å². The fourth-order valence-electron chi connectivity index (χ4n) is 4.24. The largest absolute Gasteiger partial charge is 0.289 e. The lowest BCUT2D eigenvalue weighted by Crippen LogP contribution is -2.29. The number of allylic oxidation sites excluding steroid dienone is 1. The van der Waals surface area contributed by atoms with Gasteiger partial charge < -0.3 is 0 Å². The molecule has 0 N–H and O–H groups in total. The number of benzene rings is 2. The van der Waals surface area contributed by atoms with Crippen molar-refractivity contribution in [1.82, 2.24) is 0 Å². The molecule has 2 aliphatic rings. The molecule has 1 aliphatic carbocycles. The zero-order chi connectivity index (χ0) is 18.1. The molecule has 0 atom stereocenters. The van der Waals surface area contributed by atoms with Crippen molar-refractivity contribution in [2.45, 2.75) is 44.6 Å². The number of hydrogen-bond acceptors (Lipinski definition) is 2. The average molecular weight is 347 g/mol. The number of nitrogens with zero attached hydrogens (tertiary/aromatic N) is 1. The molecule has 2 nitrogen and oxygen atoms in total. The van der Waals surface area contributed by atoms with Gasteiger partial charge in [-0.1, -0.05) is 61.7 Å². The molecule has 3 heteroatoms. The number of ketones is 1. The summed E-state index contributed by atoms with van der Waals surface area (Å²) >= 11 is 0. The van der Waals surface area contributed by atoms with Crippen LogP contribution in [0.5, 0.6) is 0 Å². The summed E-state index contributed by atoms with van der Waals surface area (Å²) in [6.07, 6.45) is 5.36. The van der Waals surface area contributed by atoms with Crippen molar-refractivity contribution in [3.63, 3.8) is 0 Å². The summed E-state index contributed by atoms with van der Waals surface area (Å²) in [5.74, 6) is -0.326. The maximum absolute atomic E-state index is 13.8. The summed E-state index contributed by atoms with van der Waals surface area (Å²) in [6.45, 7) is 2.04. The van der Waals surface area contributed by atoms with Crippen molar-refractivity contribution in [3.8, 4) is 0 Å². The molecule has 0 radical (unpaired) electrons. The van der Waals surface area contributed by atoms with Crippen LogP contribution < -0.4 is 0 Å². The number of halogens is 1. The third-order valence-corrected chi connectivity index (χ3v) is 5.68. The Hall–Kier alpha value is -2.55. The Bertz CT molecular complexity index is 905. The fraction of sp³-hybridized carbons (Fsp3) is 0.304. The van der Waals surface area contributed by atoms with Crippen molar-refractivity contribution < 1.29 is 9.18 Å². The number of hydrogen-bond donors (Lipinski definition) is 0. The van der Waals surface area contributed by atoms with E-state index >= 15 is 0 Å². The highest BCUT2D eigenvalue weighted by Gasteiger charge is 2.42. The summed E-state index contributed by atoms with van der Waals surface area (Å²) < 4.78 is 13.8.